The lowest BCUT2D eigenvalue weighted by atomic mass is 9.97. The van der Waals surface area contributed by atoms with Crippen LogP contribution in [0.5, 0.6) is 11.5 Å². The molecule has 6 nitrogen and oxygen atoms in total. The van der Waals surface area contributed by atoms with E-state index in [-0.39, 0.29) is 11.3 Å². The number of anilines is 1. The molecule has 2 amide bonds. The quantitative estimate of drug-likeness (QED) is 0.683. The third-order valence-electron chi connectivity index (χ3n) is 5.92. The van der Waals surface area contributed by atoms with Crippen LogP contribution in [0, 0.1) is 11.7 Å². The van der Waals surface area contributed by atoms with Crippen molar-refractivity contribution in [2.45, 2.75) is 19.8 Å². The van der Waals surface area contributed by atoms with E-state index in [4.69, 9.17) is 9.47 Å². The standard InChI is InChI=1S/C24H25FN2O4/c1-15-10-12-26(13-11-15)22-21(16-8-9-19(30-2)20(14-16)31-3)23(28)27(24(22)29)18-7-5-4-6-17(18)25/h4-9,14-15H,10-13H2,1-3H3. The minimum absolute atomic E-state index is 0.0455. The number of amides is 2. The number of carbonyl (C=O) groups excluding carboxylic acids is 2. The van der Waals surface area contributed by atoms with E-state index in [1.807, 2.05) is 4.90 Å². The Labute approximate surface area is 180 Å². The fourth-order valence-corrected chi connectivity index (χ4v) is 4.15. The molecule has 0 radical (unpaired) electrons. The molecule has 2 aliphatic rings. The first-order valence-corrected chi connectivity index (χ1v) is 10.3. The second kappa shape index (κ2) is 8.41. The highest BCUT2D eigenvalue weighted by Gasteiger charge is 2.44. The first kappa shape index (κ1) is 20.9. The van der Waals surface area contributed by atoms with E-state index in [9.17, 15) is 14.0 Å². The van der Waals surface area contributed by atoms with Crippen LogP contribution in [0.25, 0.3) is 5.57 Å². The maximum Gasteiger partial charge on any atom is 0.282 e. The molecule has 1 fully saturated rings. The molecule has 4 rings (SSSR count). The van der Waals surface area contributed by atoms with Crippen molar-refractivity contribution in [3.8, 4) is 11.5 Å². The molecule has 0 saturated carbocycles. The lowest BCUT2D eigenvalue weighted by molar-refractivity contribution is -0.120. The molecule has 0 atom stereocenters. The molecule has 1 saturated heterocycles. The number of piperidine rings is 1. The van der Waals surface area contributed by atoms with Crippen molar-refractivity contribution in [3.05, 3.63) is 59.5 Å². The maximum atomic E-state index is 14.5. The van der Waals surface area contributed by atoms with Gasteiger partial charge in [-0.2, -0.15) is 0 Å². The Morgan fingerprint density at radius 2 is 1.61 bits per heavy atom. The molecule has 162 valence electrons. The van der Waals surface area contributed by atoms with Crippen LogP contribution in [0.1, 0.15) is 25.3 Å². The molecule has 2 aliphatic heterocycles. The topological polar surface area (TPSA) is 59.1 Å². The fourth-order valence-electron chi connectivity index (χ4n) is 4.15. The summed E-state index contributed by atoms with van der Waals surface area (Å²) in [5.41, 5.74) is 1.05. The second-order valence-electron chi connectivity index (χ2n) is 7.86. The Bertz CT molecular complexity index is 1060. The van der Waals surface area contributed by atoms with Crippen molar-refractivity contribution in [2.75, 3.05) is 32.2 Å². The van der Waals surface area contributed by atoms with Crippen molar-refractivity contribution >= 4 is 23.1 Å². The second-order valence-corrected chi connectivity index (χ2v) is 7.86. The molecule has 0 aromatic heterocycles. The normalized spacial score (nSPS) is 17.5. The number of ether oxygens (including phenoxy) is 2. The number of halogens is 1. The molecule has 2 aromatic carbocycles. The Hall–Kier alpha value is -3.35. The van der Waals surface area contributed by atoms with Crippen LogP contribution >= 0.6 is 0 Å². The van der Waals surface area contributed by atoms with Crippen LogP contribution in [-0.2, 0) is 9.59 Å². The van der Waals surface area contributed by atoms with Crippen LogP contribution in [0.3, 0.4) is 0 Å². The Balaban J connectivity index is 1.85. The Morgan fingerprint density at radius 1 is 0.935 bits per heavy atom. The molecule has 7 heteroatoms. The van der Waals surface area contributed by atoms with Crippen LogP contribution in [0.2, 0.25) is 0 Å². The highest BCUT2D eigenvalue weighted by atomic mass is 19.1. The lowest BCUT2D eigenvalue weighted by Crippen LogP contribution is -2.38. The predicted octanol–water partition coefficient (Wildman–Crippen LogP) is 3.86. The van der Waals surface area contributed by atoms with Crippen LogP contribution < -0.4 is 14.4 Å². The molecular weight excluding hydrogens is 399 g/mol. The van der Waals surface area contributed by atoms with E-state index in [1.54, 1.807) is 24.3 Å². The molecule has 0 aliphatic carbocycles. The summed E-state index contributed by atoms with van der Waals surface area (Å²) in [6, 6.07) is 10.9. The average Bonchev–Trinajstić information content (AvgIpc) is 3.04. The van der Waals surface area contributed by atoms with E-state index in [2.05, 4.69) is 6.92 Å². The van der Waals surface area contributed by atoms with E-state index in [0.717, 1.165) is 17.7 Å². The monoisotopic (exact) mass is 424 g/mol. The van der Waals surface area contributed by atoms with Gasteiger partial charge in [0.15, 0.2) is 11.5 Å². The van der Waals surface area contributed by atoms with Gasteiger partial charge in [0.05, 0.1) is 25.5 Å². The van der Waals surface area contributed by atoms with Crippen LogP contribution in [0.4, 0.5) is 10.1 Å². The average molecular weight is 424 g/mol. The highest BCUT2D eigenvalue weighted by molar-refractivity contribution is 6.45. The van der Waals surface area contributed by atoms with Gasteiger partial charge in [-0.3, -0.25) is 9.59 Å². The van der Waals surface area contributed by atoms with E-state index < -0.39 is 17.6 Å². The SMILES string of the molecule is COc1ccc(C2=C(N3CCC(C)CC3)C(=O)N(c3ccccc3F)C2=O)cc1OC. The highest BCUT2D eigenvalue weighted by Crippen LogP contribution is 2.39. The molecule has 0 N–H and O–H groups in total. The van der Waals surface area contributed by atoms with Gasteiger partial charge in [0.2, 0.25) is 0 Å². The van der Waals surface area contributed by atoms with Crippen molar-refractivity contribution in [1.29, 1.82) is 0 Å². The number of nitrogens with zero attached hydrogens (tertiary/aromatic N) is 2. The zero-order chi connectivity index (χ0) is 22.1. The number of imide groups is 1. The minimum Gasteiger partial charge on any atom is -0.493 e. The van der Waals surface area contributed by atoms with Crippen molar-refractivity contribution in [1.82, 2.24) is 4.90 Å². The summed E-state index contributed by atoms with van der Waals surface area (Å²) in [7, 11) is 3.04. The van der Waals surface area contributed by atoms with Crippen molar-refractivity contribution in [2.24, 2.45) is 5.92 Å². The van der Waals surface area contributed by atoms with Gasteiger partial charge >= 0.3 is 0 Å². The van der Waals surface area contributed by atoms with Gasteiger partial charge in [-0.1, -0.05) is 25.1 Å². The molecule has 31 heavy (non-hydrogen) atoms. The number of methoxy groups -OCH3 is 2. The third kappa shape index (κ3) is 3.65. The van der Waals surface area contributed by atoms with E-state index >= 15 is 0 Å². The number of rotatable bonds is 5. The summed E-state index contributed by atoms with van der Waals surface area (Å²) in [4.78, 5) is 29.9. The number of para-hydroxylation sites is 1. The molecule has 2 aromatic rings. The summed E-state index contributed by atoms with van der Waals surface area (Å²) in [5, 5.41) is 0. The number of hydrogen-bond acceptors (Lipinski definition) is 5. The molecule has 0 unspecified atom stereocenters. The zero-order valence-electron chi connectivity index (χ0n) is 17.9. The summed E-state index contributed by atoms with van der Waals surface area (Å²) in [6.45, 7) is 3.50. The number of hydrogen-bond donors (Lipinski definition) is 0. The van der Waals surface area contributed by atoms with E-state index in [0.29, 0.717) is 41.8 Å². The van der Waals surface area contributed by atoms with Crippen LogP contribution in [0.15, 0.2) is 48.2 Å². The largest absolute Gasteiger partial charge is 0.493 e. The summed E-state index contributed by atoms with van der Waals surface area (Å²) >= 11 is 0. The lowest BCUT2D eigenvalue weighted by Gasteiger charge is -2.32. The Kier molecular flexibility index (Phi) is 5.67. The fraction of sp³-hybridized carbons (Fsp3) is 0.333. The number of benzene rings is 2. The first-order valence-electron chi connectivity index (χ1n) is 10.3. The Morgan fingerprint density at radius 3 is 2.26 bits per heavy atom. The number of carbonyl (C=O) groups is 2. The molecule has 2 heterocycles. The molecule has 0 spiro atoms. The summed E-state index contributed by atoms with van der Waals surface area (Å²) in [6.07, 6.45) is 1.84. The number of likely N-dealkylation sites (tertiary alicyclic amines) is 1. The van der Waals surface area contributed by atoms with Gasteiger partial charge in [0.1, 0.15) is 11.5 Å². The first-order chi connectivity index (χ1) is 15.0. The van der Waals surface area contributed by atoms with E-state index in [1.165, 1.54) is 32.4 Å². The predicted molar refractivity (Wildman–Crippen MR) is 115 cm³/mol. The van der Waals surface area contributed by atoms with Gasteiger partial charge in [-0.25, -0.2) is 9.29 Å². The zero-order valence-corrected chi connectivity index (χ0v) is 17.9. The van der Waals surface area contributed by atoms with Gasteiger partial charge < -0.3 is 14.4 Å². The van der Waals surface area contributed by atoms with Crippen LogP contribution in [-0.4, -0.2) is 44.0 Å². The smallest absolute Gasteiger partial charge is 0.282 e. The van der Waals surface area contributed by atoms with Gasteiger partial charge in [0.25, 0.3) is 11.8 Å². The van der Waals surface area contributed by atoms with Crippen molar-refractivity contribution in [3.63, 3.8) is 0 Å². The van der Waals surface area contributed by atoms with Gasteiger partial charge in [-0.05, 0) is 48.6 Å². The maximum absolute atomic E-state index is 14.5. The summed E-state index contributed by atoms with van der Waals surface area (Å²) in [5.74, 6) is -0.155. The van der Waals surface area contributed by atoms with Gasteiger partial charge in [0, 0.05) is 13.1 Å². The third-order valence-corrected chi connectivity index (χ3v) is 5.92. The van der Waals surface area contributed by atoms with Gasteiger partial charge in [-0.15, -0.1) is 0 Å². The van der Waals surface area contributed by atoms with Crippen molar-refractivity contribution < 1.29 is 23.5 Å². The summed E-state index contributed by atoms with van der Waals surface area (Å²) < 4.78 is 25.2. The molecule has 0 bridgehead atoms. The minimum atomic E-state index is -0.621. The molecular formula is C24H25FN2O4.